The average Bonchev–Trinajstić information content (AvgIpc) is 3.44. The standard InChI is InChI=1S/C20H21Cl2N9S/c1-3-17-23-6-9-30(17)18-19(25-16-11-14(22)13(21)10-15(16)24-18)32-20-26-27-28-31(20)12-4-7-29(2)8-5-12/h6,9-12H,3-5,7-8H2,1-2H3. The molecule has 1 saturated heterocycles. The molecule has 4 heterocycles. The molecule has 0 N–H and O–H groups in total. The lowest BCUT2D eigenvalue weighted by Gasteiger charge is -2.28. The molecule has 9 nitrogen and oxygen atoms in total. The molecule has 1 fully saturated rings. The third-order valence-electron chi connectivity index (χ3n) is 5.60. The lowest BCUT2D eigenvalue weighted by Crippen LogP contribution is -2.32. The molecule has 1 aromatic carbocycles. The molecule has 4 aromatic rings. The minimum atomic E-state index is 0.258. The van der Waals surface area contributed by atoms with E-state index in [1.54, 1.807) is 18.3 Å². The first kappa shape index (κ1) is 21.6. The molecule has 0 unspecified atom stereocenters. The number of hydrogen-bond acceptors (Lipinski definition) is 8. The van der Waals surface area contributed by atoms with Crippen molar-refractivity contribution in [1.29, 1.82) is 0 Å². The summed E-state index contributed by atoms with van der Waals surface area (Å²) in [7, 11) is 2.14. The van der Waals surface area contributed by atoms with Crippen molar-refractivity contribution in [3.8, 4) is 5.82 Å². The summed E-state index contributed by atoms with van der Waals surface area (Å²) < 4.78 is 3.86. The number of aryl methyl sites for hydroxylation is 1. The van der Waals surface area contributed by atoms with Gasteiger partial charge in [-0.15, -0.1) is 5.10 Å². The molecule has 1 aliphatic rings. The molecule has 0 radical (unpaired) electrons. The number of aromatic nitrogens is 8. The Morgan fingerprint density at radius 3 is 2.53 bits per heavy atom. The van der Waals surface area contributed by atoms with Crippen LogP contribution in [0.2, 0.25) is 10.0 Å². The number of halogens is 2. The summed E-state index contributed by atoms with van der Waals surface area (Å²) in [5.74, 6) is 1.55. The Balaban J connectivity index is 1.60. The highest BCUT2D eigenvalue weighted by Crippen LogP contribution is 2.35. The summed E-state index contributed by atoms with van der Waals surface area (Å²) in [5, 5.41) is 14.8. The van der Waals surface area contributed by atoms with Gasteiger partial charge < -0.3 is 4.90 Å². The van der Waals surface area contributed by atoms with Gasteiger partial charge in [-0.05, 0) is 67.3 Å². The van der Waals surface area contributed by atoms with Gasteiger partial charge in [0.25, 0.3) is 0 Å². The van der Waals surface area contributed by atoms with Crippen molar-refractivity contribution < 1.29 is 0 Å². The number of benzene rings is 1. The maximum atomic E-state index is 6.25. The Morgan fingerprint density at radius 2 is 1.81 bits per heavy atom. The van der Waals surface area contributed by atoms with E-state index in [9.17, 15) is 0 Å². The molecule has 32 heavy (non-hydrogen) atoms. The number of hydrogen-bond donors (Lipinski definition) is 0. The second-order valence-electron chi connectivity index (χ2n) is 7.72. The molecule has 5 rings (SSSR count). The fraction of sp³-hybridized carbons (Fsp3) is 0.400. The van der Waals surface area contributed by atoms with Crippen LogP contribution in [0.4, 0.5) is 0 Å². The zero-order valence-electron chi connectivity index (χ0n) is 17.6. The monoisotopic (exact) mass is 489 g/mol. The van der Waals surface area contributed by atoms with Gasteiger partial charge in [0.2, 0.25) is 5.16 Å². The van der Waals surface area contributed by atoms with E-state index < -0.39 is 0 Å². The number of fused-ring (bicyclic) bond motifs is 1. The first-order valence-electron chi connectivity index (χ1n) is 10.4. The molecule has 0 amide bonds. The largest absolute Gasteiger partial charge is 0.306 e. The highest BCUT2D eigenvalue weighted by molar-refractivity contribution is 7.99. The zero-order valence-corrected chi connectivity index (χ0v) is 19.9. The number of imidazole rings is 1. The van der Waals surface area contributed by atoms with Gasteiger partial charge in [-0.2, -0.15) is 0 Å². The Labute approximate surface area is 199 Å². The van der Waals surface area contributed by atoms with Gasteiger partial charge in [0.1, 0.15) is 10.9 Å². The van der Waals surface area contributed by atoms with Gasteiger partial charge in [-0.3, -0.25) is 4.57 Å². The van der Waals surface area contributed by atoms with Crippen LogP contribution in [0.5, 0.6) is 0 Å². The van der Waals surface area contributed by atoms with Crippen molar-refractivity contribution in [1.82, 2.24) is 44.6 Å². The van der Waals surface area contributed by atoms with Crippen LogP contribution in [0.15, 0.2) is 34.7 Å². The van der Waals surface area contributed by atoms with E-state index in [0.717, 1.165) is 38.2 Å². The fourth-order valence-corrected chi connectivity index (χ4v) is 5.07. The summed E-state index contributed by atoms with van der Waals surface area (Å²) in [4.78, 5) is 16.5. The van der Waals surface area contributed by atoms with Crippen molar-refractivity contribution in [2.75, 3.05) is 20.1 Å². The first-order chi connectivity index (χ1) is 15.5. The van der Waals surface area contributed by atoms with E-state index in [4.69, 9.17) is 33.2 Å². The zero-order chi connectivity index (χ0) is 22.2. The minimum absolute atomic E-state index is 0.258. The van der Waals surface area contributed by atoms with E-state index in [2.05, 4.69) is 39.4 Å². The van der Waals surface area contributed by atoms with Crippen molar-refractivity contribution in [3.05, 3.63) is 40.4 Å². The van der Waals surface area contributed by atoms with Gasteiger partial charge in [0.05, 0.1) is 27.1 Å². The first-order valence-corrected chi connectivity index (χ1v) is 11.9. The second kappa shape index (κ2) is 8.93. The molecule has 3 aromatic heterocycles. The molecule has 0 spiro atoms. The number of rotatable bonds is 5. The smallest absolute Gasteiger partial charge is 0.216 e. The predicted octanol–water partition coefficient (Wildman–Crippen LogP) is 4.09. The normalized spacial score (nSPS) is 15.6. The van der Waals surface area contributed by atoms with Gasteiger partial charge in [-0.1, -0.05) is 30.1 Å². The van der Waals surface area contributed by atoms with E-state index >= 15 is 0 Å². The topological polar surface area (TPSA) is 90.4 Å². The Morgan fingerprint density at radius 1 is 1.09 bits per heavy atom. The molecule has 1 aliphatic heterocycles. The maximum Gasteiger partial charge on any atom is 0.216 e. The van der Waals surface area contributed by atoms with E-state index in [1.165, 1.54) is 11.8 Å². The molecule has 0 saturated carbocycles. The van der Waals surface area contributed by atoms with E-state index in [-0.39, 0.29) is 6.04 Å². The highest BCUT2D eigenvalue weighted by atomic mass is 35.5. The van der Waals surface area contributed by atoms with Crippen molar-refractivity contribution >= 4 is 46.0 Å². The highest BCUT2D eigenvalue weighted by Gasteiger charge is 2.25. The van der Waals surface area contributed by atoms with Crippen molar-refractivity contribution in [2.45, 2.75) is 42.4 Å². The molecular formula is C20H21Cl2N9S. The third kappa shape index (κ3) is 4.07. The summed E-state index contributed by atoms with van der Waals surface area (Å²) in [6, 6.07) is 3.72. The number of nitrogens with zero attached hydrogens (tertiary/aromatic N) is 9. The van der Waals surface area contributed by atoms with Crippen molar-refractivity contribution in [2.24, 2.45) is 0 Å². The quantitative estimate of drug-likeness (QED) is 0.413. The van der Waals surface area contributed by atoms with Crippen LogP contribution in [0.25, 0.3) is 16.9 Å². The van der Waals surface area contributed by atoms with Gasteiger partial charge in [0, 0.05) is 18.8 Å². The van der Waals surface area contributed by atoms with Gasteiger partial charge in [0.15, 0.2) is 5.82 Å². The minimum Gasteiger partial charge on any atom is -0.306 e. The van der Waals surface area contributed by atoms with Crippen LogP contribution in [-0.2, 0) is 6.42 Å². The molecule has 166 valence electrons. The summed E-state index contributed by atoms with van der Waals surface area (Å²) in [6.45, 7) is 4.09. The van der Waals surface area contributed by atoms with Crippen LogP contribution in [-0.4, -0.2) is 64.8 Å². The fourth-order valence-electron chi connectivity index (χ4n) is 3.85. The summed E-state index contributed by atoms with van der Waals surface area (Å²) in [5.41, 5.74) is 1.31. The lowest BCUT2D eigenvalue weighted by molar-refractivity contribution is 0.203. The van der Waals surface area contributed by atoms with Crippen LogP contribution in [0.1, 0.15) is 31.6 Å². The van der Waals surface area contributed by atoms with Gasteiger partial charge >= 0.3 is 0 Å². The van der Waals surface area contributed by atoms with E-state index in [0.29, 0.717) is 37.1 Å². The Kier molecular flexibility index (Phi) is 6.02. The Bertz CT molecular complexity index is 1260. The number of piperidine rings is 1. The molecular weight excluding hydrogens is 469 g/mol. The number of likely N-dealkylation sites (tertiary alicyclic amines) is 1. The third-order valence-corrected chi connectivity index (χ3v) is 7.24. The maximum absolute atomic E-state index is 6.25. The average molecular weight is 490 g/mol. The molecule has 0 atom stereocenters. The summed E-state index contributed by atoms with van der Waals surface area (Å²) >= 11 is 13.9. The SMILES string of the molecule is CCc1nccn1-c1nc2cc(Cl)c(Cl)cc2nc1Sc1nnnn1C1CCN(C)CC1. The number of tetrazole rings is 1. The van der Waals surface area contributed by atoms with Crippen molar-refractivity contribution in [3.63, 3.8) is 0 Å². The second-order valence-corrected chi connectivity index (χ2v) is 9.49. The van der Waals surface area contributed by atoms with E-state index in [1.807, 2.05) is 15.4 Å². The van der Waals surface area contributed by atoms with Crippen LogP contribution in [0, 0.1) is 0 Å². The molecule has 0 aliphatic carbocycles. The molecule has 12 heteroatoms. The van der Waals surface area contributed by atoms with Crippen LogP contribution in [0.3, 0.4) is 0 Å². The predicted molar refractivity (Wildman–Crippen MR) is 124 cm³/mol. The van der Waals surface area contributed by atoms with Crippen LogP contribution >= 0.6 is 35.0 Å². The lowest BCUT2D eigenvalue weighted by atomic mass is 10.1. The van der Waals surface area contributed by atoms with Gasteiger partial charge in [-0.25, -0.2) is 19.6 Å². The molecule has 0 bridgehead atoms. The van der Waals surface area contributed by atoms with Crippen LogP contribution < -0.4 is 0 Å². The summed E-state index contributed by atoms with van der Waals surface area (Å²) in [6.07, 6.45) is 6.40. The Hall–Kier alpha value is -2.27.